The van der Waals surface area contributed by atoms with Gasteiger partial charge in [-0.1, -0.05) is 13.8 Å². The van der Waals surface area contributed by atoms with Gasteiger partial charge in [0, 0.05) is 32.6 Å². The molecule has 0 aromatic rings. The van der Waals surface area contributed by atoms with Crippen LogP contribution in [0.3, 0.4) is 0 Å². The number of nitrogens with zero attached hydrogens (tertiary/aromatic N) is 2. The normalized spacial score (nSPS) is 19.2. The van der Waals surface area contributed by atoms with E-state index in [0.29, 0.717) is 24.8 Å². The van der Waals surface area contributed by atoms with E-state index >= 15 is 0 Å². The van der Waals surface area contributed by atoms with E-state index in [1.807, 2.05) is 16.7 Å². The topological polar surface area (TPSA) is 60.9 Å². The molecule has 2 amide bonds. The minimum Gasteiger partial charge on any atom is -0.481 e. The van der Waals surface area contributed by atoms with Crippen LogP contribution in [0.2, 0.25) is 0 Å². The van der Waals surface area contributed by atoms with Crippen LogP contribution < -0.4 is 0 Å². The fourth-order valence-corrected chi connectivity index (χ4v) is 2.79. The maximum Gasteiger partial charge on any atom is 0.320 e. The lowest BCUT2D eigenvalue weighted by molar-refractivity contribution is -0.137. The summed E-state index contributed by atoms with van der Waals surface area (Å²) in [5.41, 5.74) is 0. The van der Waals surface area contributed by atoms with E-state index in [9.17, 15) is 9.59 Å². The van der Waals surface area contributed by atoms with Gasteiger partial charge in [0.2, 0.25) is 0 Å². The molecule has 1 aliphatic rings. The number of carbonyl (C=O) groups is 2. The zero-order valence-electron chi connectivity index (χ0n) is 13.0. The van der Waals surface area contributed by atoms with Crippen molar-refractivity contribution in [3.05, 3.63) is 0 Å². The quantitative estimate of drug-likeness (QED) is 0.815. The van der Waals surface area contributed by atoms with E-state index in [1.165, 1.54) is 0 Å². The Balaban J connectivity index is 2.52. The SMILES string of the molecule is CCN(CC(C)C)C(=O)N1CCCC(CCC(=O)O)C1. The molecule has 0 aromatic carbocycles. The molecule has 0 aliphatic carbocycles. The number of urea groups is 1. The highest BCUT2D eigenvalue weighted by molar-refractivity contribution is 5.74. The number of amides is 2. The van der Waals surface area contributed by atoms with Crippen molar-refractivity contribution >= 4 is 12.0 Å². The first kappa shape index (κ1) is 16.8. The average molecular weight is 284 g/mol. The molecule has 1 heterocycles. The Hall–Kier alpha value is -1.26. The largest absolute Gasteiger partial charge is 0.481 e. The highest BCUT2D eigenvalue weighted by atomic mass is 16.4. The molecule has 1 rings (SSSR count). The van der Waals surface area contributed by atoms with Crippen LogP contribution in [-0.4, -0.2) is 53.1 Å². The lowest BCUT2D eigenvalue weighted by Gasteiger charge is -2.36. The number of hydrogen-bond acceptors (Lipinski definition) is 2. The monoisotopic (exact) mass is 284 g/mol. The van der Waals surface area contributed by atoms with Gasteiger partial charge in [-0.2, -0.15) is 0 Å². The van der Waals surface area contributed by atoms with Gasteiger partial charge < -0.3 is 14.9 Å². The fraction of sp³-hybridized carbons (Fsp3) is 0.867. The third-order valence-corrected chi connectivity index (χ3v) is 3.79. The van der Waals surface area contributed by atoms with Crippen molar-refractivity contribution in [3.8, 4) is 0 Å². The highest BCUT2D eigenvalue weighted by Gasteiger charge is 2.26. The summed E-state index contributed by atoms with van der Waals surface area (Å²) in [5, 5.41) is 8.76. The number of aliphatic carboxylic acids is 1. The van der Waals surface area contributed by atoms with Gasteiger partial charge in [0.1, 0.15) is 0 Å². The molecule has 0 bridgehead atoms. The maximum atomic E-state index is 12.5. The second-order valence-corrected chi connectivity index (χ2v) is 6.10. The van der Waals surface area contributed by atoms with Crippen LogP contribution in [0.4, 0.5) is 4.79 Å². The smallest absolute Gasteiger partial charge is 0.320 e. The molecule has 0 radical (unpaired) electrons. The minimum atomic E-state index is -0.747. The summed E-state index contributed by atoms with van der Waals surface area (Å²) in [6.07, 6.45) is 2.90. The maximum absolute atomic E-state index is 12.5. The van der Waals surface area contributed by atoms with Gasteiger partial charge in [0.25, 0.3) is 0 Å². The predicted octanol–water partition coefficient (Wildman–Crippen LogP) is 2.66. The number of piperidine rings is 1. The van der Waals surface area contributed by atoms with Gasteiger partial charge in [-0.05, 0) is 38.0 Å². The summed E-state index contributed by atoms with van der Waals surface area (Å²) in [5.74, 6) is 0.0523. The number of carboxylic acid groups (broad SMARTS) is 1. The number of hydrogen-bond donors (Lipinski definition) is 1. The summed E-state index contributed by atoms with van der Waals surface area (Å²) in [6, 6.07) is 0.112. The molecule has 0 saturated carbocycles. The summed E-state index contributed by atoms with van der Waals surface area (Å²) in [6.45, 7) is 9.26. The Kier molecular flexibility index (Phi) is 6.82. The molecule has 1 saturated heterocycles. The van der Waals surface area contributed by atoms with Gasteiger partial charge in [-0.3, -0.25) is 4.79 Å². The molecule has 0 aromatic heterocycles. The average Bonchev–Trinajstić information content (AvgIpc) is 2.42. The molecule has 20 heavy (non-hydrogen) atoms. The van der Waals surface area contributed by atoms with Crippen molar-refractivity contribution < 1.29 is 14.7 Å². The summed E-state index contributed by atoms with van der Waals surface area (Å²) >= 11 is 0. The number of carboxylic acids is 1. The lowest BCUT2D eigenvalue weighted by atomic mass is 9.93. The first-order valence-corrected chi connectivity index (χ1v) is 7.69. The van der Waals surface area contributed by atoms with E-state index in [1.54, 1.807) is 0 Å². The van der Waals surface area contributed by atoms with Crippen molar-refractivity contribution in [2.75, 3.05) is 26.2 Å². The van der Waals surface area contributed by atoms with Gasteiger partial charge in [-0.25, -0.2) is 4.79 Å². The molecule has 1 atom stereocenters. The Morgan fingerprint density at radius 1 is 1.40 bits per heavy atom. The highest BCUT2D eigenvalue weighted by Crippen LogP contribution is 2.22. The zero-order chi connectivity index (χ0) is 15.1. The molecule has 1 fully saturated rings. The lowest BCUT2D eigenvalue weighted by Crippen LogP contribution is -2.48. The molecule has 5 nitrogen and oxygen atoms in total. The molecule has 0 spiro atoms. The molecule has 116 valence electrons. The Morgan fingerprint density at radius 3 is 2.65 bits per heavy atom. The van der Waals surface area contributed by atoms with Crippen LogP contribution in [0.5, 0.6) is 0 Å². The van der Waals surface area contributed by atoms with Crippen LogP contribution >= 0.6 is 0 Å². The summed E-state index contributed by atoms with van der Waals surface area (Å²) < 4.78 is 0. The second-order valence-electron chi connectivity index (χ2n) is 6.10. The standard InChI is InChI=1S/C15H28N2O3/c1-4-16(10-12(2)3)15(20)17-9-5-6-13(11-17)7-8-14(18)19/h12-13H,4-11H2,1-3H3,(H,18,19). The van der Waals surface area contributed by atoms with Gasteiger partial charge in [0.15, 0.2) is 0 Å². The Labute approximate surface area is 121 Å². The molecular formula is C15H28N2O3. The van der Waals surface area contributed by atoms with Crippen molar-refractivity contribution in [1.82, 2.24) is 9.80 Å². The molecule has 1 unspecified atom stereocenters. The van der Waals surface area contributed by atoms with Crippen molar-refractivity contribution in [1.29, 1.82) is 0 Å². The van der Waals surface area contributed by atoms with Crippen LogP contribution in [0.15, 0.2) is 0 Å². The fourth-order valence-electron chi connectivity index (χ4n) is 2.79. The summed E-state index contributed by atoms with van der Waals surface area (Å²) in [7, 11) is 0. The first-order chi connectivity index (χ1) is 9.43. The van der Waals surface area contributed by atoms with Gasteiger partial charge in [0.05, 0.1) is 0 Å². The summed E-state index contributed by atoms with van der Waals surface area (Å²) in [4.78, 5) is 26.9. The van der Waals surface area contributed by atoms with Crippen molar-refractivity contribution in [2.45, 2.75) is 46.5 Å². The number of likely N-dealkylation sites (tertiary alicyclic amines) is 1. The molecule has 5 heteroatoms. The zero-order valence-corrected chi connectivity index (χ0v) is 13.0. The van der Waals surface area contributed by atoms with E-state index < -0.39 is 5.97 Å². The van der Waals surface area contributed by atoms with Crippen molar-refractivity contribution in [3.63, 3.8) is 0 Å². The van der Waals surface area contributed by atoms with Crippen LogP contribution in [0.25, 0.3) is 0 Å². The van der Waals surface area contributed by atoms with E-state index in [4.69, 9.17) is 5.11 Å². The van der Waals surface area contributed by atoms with Crippen LogP contribution in [-0.2, 0) is 4.79 Å². The third kappa shape index (κ3) is 5.39. The number of carbonyl (C=O) groups excluding carboxylic acids is 1. The van der Waals surface area contributed by atoms with Crippen LogP contribution in [0, 0.1) is 11.8 Å². The van der Waals surface area contributed by atoms with Gasteiger partial charge >= 0.3 is 12.0 Å². The van der Waals surface area contributed by atoms with Crippen molar-refractivity contribution in [2.24, 2.45) is 11.8 Å². The molecular weight excluding hydrogens is 256 g/mol. The van der Waals surface area contributed by atoms with Crippen LogP contribution in [0.1, 0.15) is 46.5 Å². The molecule has 1 N–H and O–H groups in total. The Bertz CT molecular complexity index is 331. The Morgan fingerprint density at radius 2 is 2.10 bits per heavy atom. The van der Waals surface area contributed by atoms with E-state index in [0.717, 1.165) is 32.5 Å². The first-order valence-electron chi connectivity index (χ1n) is 7.69. The van der Waals surface area contributed by atoms with E-state index in [2.05, 4.69) is 13.8 Å². The predicted molar refractivity (Wildman–Crippen MR) is 78.6 cm³/mol. The van der Waals surface area contributed by atoms with Gasteiger partial charge in [-0.15, -0.1) is 0 Å². The molecule has 1 aliphatic heterocycles. The number of rotatable bonds is 6. The second kappa shape index (κ2) is 8.12. The van der Waals surface area contributed by atoms with E-state index in [-0.39, 0.29) is 12.5 Å². The third-order valence-electron chi connectivity index (χ3n) is 3.79. The minimum absolute atomic E-state index is 0.112.